The number of hydrogen-bond acceptors (Lipinski definition) is 0. The molecule has 2 aliphatic rings. The Morgan fingerprint density at radius 3 is 1.78 bits per heavy atom. The van der Waals surface area contributed by atoms with E-state index >= 15 is 0 Å². The molecular weight excluding hydrogens is 155 g/mol. The Morgan fingerprint density at radius 2 is 1.44 bits per heavy atom. The molecule has 0 saturated heterocycles. The molecule has 0 radical (unpaired) electrons. The lowest BCUT2D eigenvalue weighted by Gasteiger charge is -2.03. The predicted octanol–water partition coefficient (Wildman–Crippen LogP) is 2.98. The van der Waals surface area contributed by atoms with Crippen LogP contribution in [0.4, 0.5) is 0 Å². The normalized spacial score (nSPS) is 46.0. The highest BCUT2D eigenvalue weighted by Crippen LogP contribution is 2.65. The van der Waals surface area contributed by atoms with Crippen LogP contribution in [0.5, 0.6) is 0 Å². The maximum absolute atomic E-state index is 5.98. The van der Waals surface area contributed by atoms with Crippen molar-refractivity contribution in [1.82, 2.24) is 0 Å². The largest absolute Gasteiger partial charge is 0.124 e. The van der Waals surface area contributed by atoms with Crippen LogP contribution in [-0.4, -0.2) is 4.33 Å². The summed E-state index contributed by atoms with van der Waals surface area (Å²) in [6, 6.07) is 0. The Hall–Kier alpha value is 0.580. The first kappa shape index (κ1) is 6.30. The molecule has 2 atom stereocenters. The Morgan fingerprint density at radius 1 is 1.00 bits per heavy atom. The number of alkyl halides is 2. The molecule has 2 heteroatoms. The number of rotatable bonds is 0. The summed E-state index contributed by atoms with van der Waals surface area (Å²) >= 11 is 12.0. The minimum atomic E-state index is -0.309. The molecule has 0 aromatic carbocycles. The minimum Gasteiger partial charge on any atom is -0.101 e. The van der Waals surface area contributed by atoms with Gasteiger partial charge in [0.05, 0.1) is 0 Å². The Bertz CT molecular complexity index is 117. The molecule has 0 nitrogen and oxygen atoms in total. The third-order valence-corrected chi connectivity index (χ3v) is 3.77. The molecule has 9 heavy (non-hydrogen) atoms. The summed E-state index contributed by atoms with van der Waals surface area (Å²) in [5.74, 6) is 1.30. The van der Waals surface area contributed by atoms with Gasteiger partial charge in [-0.2, -0.15) is 0 Å². The Labute approximate surface area is 65.5 Å². The van der Waals surface area contributed by atoms with E-state index in [-0.39, 0.29) is 4.33 Å². The van der Waals surface area contributed by atoms with Gasteiger partial charge in [-0.15, -0.1) is 23.2 Å². The molecule has 0 bridgehead atoms. The fourth-order valence-corrected chi connectivity index (χ4v) is 2.90. The van der Waals surface area contributed by atoms with E-state index in [9.17, 15) is 0 Å². The van der Waals surface area contributed by atoms with E-state index in [0.29, 0.717) is 11.8 Å². The molecule has 0 aliphatic heterocycles. The third-order valence-electron chi connectivity index (χ3n) is 2.65. The lowest BCUT2D eigenvalue weighted by atomic mass is 10.0. The number of fused-ring (bicyclic) bond motifs is 1. The second kappa shape index (κ2) is 1.79. The van der Waals surface area contributed by atoms with Crippen LogP contribution in [0.15, 0.2) is 0 Å². The zero-order chi connectivity index (χ0) is 6.48. The highest BCUT2D eigenvalue weighted by atomic mass is 35.5. The van der Waals surface area contributed by atoms with Crippen LogP contribution in [0.3, 0.4) is 0 Å². The Balaban J connectivity index is 2.06. The average Bonchev–Trinajstić information content (AvgIpc) is 2.39. The van der Waals surface area contributed by atoms with Crippen LogP contribution >= 0.6 is 23.2 Å². The second-order valence-electron chi connectivity index (χ2n) is 3.17. The van der Waals surface area contributed by atoms with E-state index in [0.717, 1.165) is 0 Å². The van der Waals surface area contributed by atoms with Gasteiger partial charge in [0.1, 0.15) is 4.33 Å². The van der Waals surface area contributed by atoms with Gasteiger partial charge in [0.25, 0.3) is 0 Å². The van der Waals surface area contributed by atoms with Crippen molar-refractivity contribution in [2.24, 2.45) is 11.8 Å². The van der Waals surface area contributed by atoms with Gasteiger partial charge in [-0.25, -0.2) is 0 Å². The van der Waals surface area contributed by atoms with Crippen molar-refractivity contribution in [2.45, 2.75) is 30.0 Å². The fourth-order valence-electron chi connectivity index (χ4n) is 1.98. The first-order chi connectivity index (χ1) is 4.23. The summed E-state index contributed by atoms with van der Waals surface area (Å²) in [4.78, 5) is 0. The minimum absolute atomic E-state index is 0.309. The molecule has 2 saturated carbocycles. The summed E-state index contributed by atoms with van der Waals surface area (Å²) in [6.45, 7) is 0. The van der Waals surface area contributed by atoms with Crippen LogP contribution < -0.4 is 0 Å². The van der Waals surface area contributed by atoms with Crippen molar-refractivity contribution < 1.29 is 0 Å². The van der Waals surface area contributed by atoms with Crippen LogP contribution in [0.1, 0.15) is 25.7 Å². The number of halogens is 2. The summed E-state index contributed by atoms with van der Waals surface area (Å²) in [7, 11) is 0. The highest BCUT2D eigenvalue weighted by Gasteiger charge is 2.62. The summed E-state index contributed by atoms with van der Waals surface area (Å²) < 4.78 is -0.309. The molecule has 52 valence electrons. The molecule has 0 N–H and O–H groups in total. The van der Waals surface area contributed by atoms with Gasteiger partial charge >= 0.3 is 0 Å². The van der Waals surface area contributed by atoms with Crippen LogP contribution in [0, 0.1) is 11.8 Å². The second-order valence-corrected chi connectivity index (χ2v) is 4.62. The maximum Gasteiger partial charge on any atom is 0.124 e. The van der Waals surface area contributed by atoms with Crippen molar-refractivity contribution in [1.29, 1.82) is 0 Å². The molecule has 0 amide bonds. The quantitative estimate of drug-likeness (QED) is 0.484. The lowest BCUT2D eigenvalue weighted by Crippen LogP contribution is -1.91. The van der Waals surface area contributed by atoms with Crippen LogP contribution in [-0.2, 0) is 0 Å². The molecule has 0 spiro atoms. The zero-order valence-electron chi connectivity index (χ0n) is 5.24. The van der Waals surface area contributed by atoms with Gasteiger partial charge in [0.15, 0.2) is 0 Å². The number of hydrogen-bond donors (Lipinski definition) is 0. The van der Waals surface area contributed by atoms with Crippen molar-refractivity contribution in [3.05, 3.63) is 0 Å². The molecule has 0 aromatic heterocycles. The first-order valence-corrected chi connectivity index (χ1v) is 4.36. The Kier molecular flexibility index (Phi) is 1.26. The van der Waals surface area contributed by atoms with Crippen LogP contribution in [0.2, 0.25) is 0 Å². The monoisotopic (exact) mass is 164 g/mol. The smallest absolute Gasteiger partial charge is 0.101 e. The van der Waals surface area contributed by atoms with Crippen molar-refractivity contribution in [3.63, 3.8) is 0 Å². The van der Waals surface area contributed by atoms with Crippen molar-refractivity contribution >= 4 is 23.2 Å². The summed E-state index contributed by atoms with van der Waals surface area (Å²) in [5, 5.41) is 0. The molecule has 2 fully saturated rings. The fraction of sp³-hybridized carbons (Fsp3) is 1.00. The molecule has 2 aliphatic carbocycles. The van der Waals surface area contributed by atoms with Gasteiger partial charge in [0.2, 0.25) is 0 Å². The standard InChI is InChI=1S/C7H10Cl2/c8-7(9)5-3-1-2-4-6(5)7/h5-6H,1-4H2/t5-,6-/m0/s1. The zero-order valence-corrected chi connectivity index (χ0v) is 6.75. The van der Waals surface area contributed by atoms with E-state index in [1.807, 2.05) is 0 Å². The van der Waals surface area contributed by atoms with Crippen molar-refractivity contribution in [3.8, 4) is 0 Å². The van der Waals surface area contributed by atoms with E-state index in [4.69, 9.17) is 23.2 Å². The van der Waals surface area contributed by atoms with Gasteiger partial charge in [-0.1, -0.05) is 12.8 Å². The van der Waals surface area contributed by atoms with Gasteiger partial charge in [-0.05, 0) is 24.7 Å². The van der Waals surface area contributed by atoms with Crippen molar-refractivity contribution in [2.75, 3.05) is 0 Å². The molecule has 2 rings (SSSR count). The SMILES string of the molecule is ClC1(Cl)[C@H]2CCCC[C@@H]21. The lowest BCUT2D eigenvalue weighted by molar-refractivity contribution is 0.480. The van der Waals surface area contributed by atoms with E-state index in [2.05, 4.69) is 0 Å². The van der Waals surface area contributed by atoms with Gasteiger partial charge in [0, 0.05) is 0 Å². The van der Waals surface area contributed by atoms with Gasteiger partial charge < -0.3 is 0 Å². The van der Waals surface area contributed by atoms with E-state index in [1.54, 1.807) is 0 Å². The van der Waals surface area contributed by atoms with Gasteiger partial charge in [-0.3, -0.25) is 0 Å². The third kappa shape index (κ3) is 0.798. The first-order valence-electron chi connectivity index (χ1n) is 3.61. The van der Waals surface area contributed by atoms with E-state index in [1.165, 1.54) is 25.7 Å². The predicted molar refractivity (Wildman–Crippen MR) is 39.9 cm³/mol. The molecule has 0 unspecified atom stereocenters. The average molecular weight is 165 g/mol. The molecule has 0 aromatic rings. The molecular formula is C7H10Cl2. The summed E-state index contributed by atoms with van der Waals surface area (Å²) in [6.07, 6.45) is 5.19. The maximum atomic E-state index is 5.98. The summed E-state index contributed by atoms with van der Waals surface area (Å²) in [5.41, 5.74) is 0. The highest BCUT2D eigenvalue weighted by molar-refractivity contribution is 6.51. The van der Waals surface area contributed by atoms with Crippen LogP contribution in [0.25, 0.3) is 0 Å². The molecule has 0 heterocycles. The van der Waals surface area contributed by atoms with E-state index < -0.39 is 0 Å². The topological polar surface area (TPSA) is 0 Å².